The van der Waals surface area contributed by atoms with Gasteiger partial charge in [0.2, 0.25) is 17.5 Å². The van der Waals surface area contributed by atoms with Crippen LogP contribution < -0.4 is 16.0 Å². The molecule has 0 bridgehead atoms. The highest BCUT2D eigenvalue weighted by Gasteiger charge is 2.22. The Kier molecular flexibility index (Phi) is 6.41. The number of benzene rings is 3. The number of hydrogen-bond acceptors (Lipinski definition) is 6. The van der Waals surface area contributed by atoms with Crippen molar-refractivity contribution < 1.29 is 14.4 Å². The minimum absolute atomic E-state index is 0.370. The molecule has 0 aliphatic rings. The van der Waals surface area contributed by atoms with Crippen molar-refractivity contribution in [3.8, 4) is 0 Å². The van der Waals surface area contributed by atoms with Crippen molar-refractivity contribution in [2.45, 2.75) is 0 Å². The van der Waals surface area contributed by atoms with E-state index in [1.807, 2.05) is 0 Å². The van der Waals surface area contributed by atoms with Crippen molar-refractivity contribution in [1.82, 2.24) is 15.0 Å². The van der Waals surface area contributed by atoms with Gasteiger partial charge in [0.05, 0.1) is 0 Å². The van der Waals surface area contributed by atoms with Gasteiger partial charge in [-0.2, -0.15) is 15.0 Å². The molecule has 0 atom stereocenters. The maximum atomic E-state index is 12.8. The molecule has 4 aromatic rings. The van der Waals surface area contributed by atoms with E-state index in [4.69, 9.17) is 0 Å². The quantitative estimate of drug-likeness (QED) is 0.422. The fourth-order valence-corrected chi connectivity index (χ4v) is 2.81. The number of rotatable bonds is 6. The van der Waals surface area contributed by atoms with Crippen LogP contribution in [0.5, 0.6) is 0 Å². The molecule has 0 radical (unpaired) electrons. The Morgan fingerprint density at radius 3 is 0.909 bits per heavy atom. The molecule has 3 N–H and O–H groups in total. The Bertz CT molecular complexity index is 1110. The maximum Gasteiger partial charge on any atom is 0.293 e. The average Bonchev–Trinajstić information content (AvgIpc) is 2.85. The van der Waals surface area contributed by atoms with Gasteiger partial charge in [-0.1, -0.05) is 54.6 Å². The minimum Gasteiger partial charge on any atom is -0.319 e. The molecule has 1 heterocycles. The summed E-state index contributed by atoms with van der Waals surface area (Å²) in [4.78, 5) is 50.2. The molecule has 0 saturated heterocycles. The van der Waals surface area contributed by atoms with Crippen LogP contribution in [0.2, 0.25) is 0 Å². The highest BCUT2D eigenvalue weighted by atomic mass is 16.2. The molecule has 162 valence electrons. The van der Waals surface area contributed by atoms with Crippen LogP contribution in [0.25, 0.3) is 0 Å². The standard InChI is InChI=1S/C24H18N6O3/c31-22(25-16-10-4-1-5-11-16)19-28-20(23(32)26-17-12-6-2-7-13-17)30-21(29-19)24(33)27-18-14-8-3-9-15-18/h1-15H,(H,25,31)(H,26,32)(H,27,33). The summed E-state index contributed by atoms with van der Waals surface area (Å²) in [6.45, 7) is 0. The van der Waals surface area contributed by atoms with E-state index in [1.54, 1.807) is 91.0 Å². The molecule has 1 aromatic heterocycles. The first-order valence-corrected chi connectivity index (χ1v) is 9.94. The number of hydrogen-bond donors (Lipinski definition) is 3. The molecule has 33 heavy (non-hydrogen) atoms. The summed E-state index contributed by atoms with van der Waals surface area (Å²) in [5.41, 5.74) is 1.52. The third kappa shape index (κ3) is 5.61. The predicted molar refractivity (Wildman–Crippen MR) is 123 cm³/mol. The van der Waals surface area contributed by atoms with Crippen LogP contribution in [0.4, 0.5) is 17.1 Å². The highest BCUT2D eigenvalue weighted by Crippen LogP contribution is 2.11. The molecule has 0 spiro atoms. The molecule has 0 aliphatic carbocycles. The van der Waals surface area contributed by atoms with Crippen molar-refractivity contribution >= 4 is 34.8 Å². The van der Waals surface area contributed by atoms with Crippen LogP contribution in [0.1, 0.15) is 31.9 Å². The molecule has 0 unspecified atom stereocenters. The van der Waals surface area contributed by atoms with Crippen molar-refractivity contribution in [2.75, 3.05) is 16.0 Å². The van der Waals surface area contributed by atoms with Crippen LogP contribution in [0.3, 0.4) is 0 Å². The number of nitrogens with zero attached hydrogens (tertiary/aromatic N) is 3. The molecule has 0 fully saturated rings. The van der Waals surface area contributed by atoms with E-state index in [2.05, 4.69) is 30.9 Å². The van der Waals surface area contributed by atoms with Gasteiger partial charge in [-0.15, -0.1) is 0 Å². The lowest BCUT2D eigenvalue weighted by molar-refractivity contribution is 0.100. The number of aromatic nitrogens is 3. The number of anilines is 3. The van der Waals surface area contributed by atoms with Crippen molar-refractivity contribution in [2.24, 2.45) is 0 Å². The first-order valence-electron chi connectivity index (χ1n) is 9.94. The van der Waals surface area contributed by atoms with Crippen LogP contribution in [-0.2, 0) is 0 Å². The van der Waals surface area contributed by atoms with Crippen LogP contribution in [-0.4, -0.2) is 32.7 Å². The summed E-state index contributed by atoms with van der Waals surface area (Å²) in [7, 11) is 0. The molecule has 0 saturated carbocycles. The minimum atomic E-state index is -0.689. The lowest BCUT2D eigenvalue weighted by Crippen LogP contribution is -2.26. The van der Waals surface area contributed by atoms with Crippen LogP contribution in [0.15, 0.2) is 91.0 Å². The molecular weight excluding hydrogens is 420 g/mol. The Morgan fingerprint density at radius 2 is 0.667 bits per heavy atom. The Labute approximate surface area is 188 Å². The summed E-state index contributed by atoms with van der Waals surface area (Å²) in [5, 5.41) is 7.90. The van der Waals surface area contributed by atoms with Gasteiger partial charge in [-0.25, -0.2) is 0 Å². The lowest BCUT2D eigenvalue weighted by atomic mass is 10.3. The Balaban J connectivity index is 1.65. The maximum absolute atomic E-state index is 12.8. The number of carbonyl (C=O) groups is 3. The molecular formula is C24H18N6O3. The fourth-order valence-electron chi connectivity index (χ4n) is 2.81. The van der Waals surface area contributed by atoms with Crippen molar-refractivity contribution in [3.63, 3.8) is 0 Å². The normalized spacial score (nSPS) is 10.2. The zero-order valence-corrected chi connectivity index (χ0v) is 17.2. The van der Waals surface area contributed by atoms with Crippen LogP contribution >= 0.6 is 0 Å². The van der Waals surface area contributed by atoms with Gasteiger partial charge in [0.25, 0.3) is 17.7 Å². The second-order valence-corrected chi connectivity index (χ2v) is 6.77. The van der Waals surface area contributed by atoms with Gasteiger partial charge in [-0.05, 0) is 36.4 Å². The zero-order valence-electron chi connectivity index (χ0n) is 17.2. The SMILES string of the molecule is O=C(Nc1ccccc1)c1nc(C(=O)Nc2ccccc2)nc(C(=O)Nc2ccccc2)n1. The van der Waals surface area contributed by atoms with Gasteiger partial charge in [-0.3, -0.25) is 14.4 Å². The van der Waals surface area contributed by atoms with E-state index < -0.39 is 17.7 Å². The van der Waals surface area contributed by atoms with Crippen molar-refractivity contribution in [3.05, 3.63) is 108 Å². The third-order valence-corrected chi connectivity index (χ3v) is 4.34. The molecule has 9 nitrogen and oxygen atoms in total. The summed E-state index contributed by atoms with van der Waals surface area (Å²) >= 11 is 0. The number of para-hydroxylation sites is 3. The molecule has 0 aliphatic heterocycles. The van der Waals surface area contributed by atoms with E-state index in [0.717, 1.165) is 0 Å². The zero-order chi connectivity index (χ0) is 23.0. The second-order valence-electron chi connectivity index (χ2n) is 6.77. The van der Waals surface area contributed by atoms with Crippen LogP contribution in [0, 0.1) is 0 Å². The predicted octanol–water partition coefficient (Wildman–Crippen LogP) is 3.63. The monoisotopic (exact) mass is 438 g/mol. The summed E-state index contributed by atoms with van der Waals surface area (Å²) in [6.07, 6.45) is 0. The van der Waals surface area contributed by atoms with E-state index in [9.17, 15) is 14.4 Å². The molecule has 4 rings (SSSR count). The van der Waals surface area contributed by atoms with Gasteiger partial charge >= 0.3 is 0 Å². The molecule has 9 heteroatoms. The number of nitrogens with one attached hydrogen (secondary N) is 3. The van der Waals surface area contributed by atoms with E-state index >= 15 is 0 Å². The first-order chi connectivity index (χ1) is 16.1. The first kappa shape index (κ1) is 21.3. The topological polar surface area (TPSA) is 126 Å². The third-order valence-electron chi connectivity index (χ3n) is 4.34. The smallest absolute Gasteiger partial charge is 0.293 e. The molecule has 3 aromatic carbocycles. The van der Waals surface area contributed by atoms with E-state index in [0.29, 0.717) is 17.1 Å². The number of carbonyl (C=O) groups excluding carboxylic acids is 3. The Hall–Kier alpha value is -4.92. The molecule has 3 amide bonds. The van der Waals surface area contributed by atoms with Gasteiger partial charge in [0, 0.05) is 17.1 Å². The second kappa shape index (κ2) is 9.92. The fraction of sp³-hybridized carbons (Fsp3) is 0. The van der Waals surface area contributed by atoms with E-state index in [-0.39, 0.29) is 17.5 Å². The van der Waals surface area contributed by atoms with Gasteiger partial charge < -0.3 is 16.0 Å². The lowest BCUT2D eigenvalue weighted by Gasteiger charge is -2.09. The summed E-state index contributed by atoms with van der Waals surface area (Å²) in [6, 6.07) is 26.0. The van der Waals surface area contributed by atoms with E-state index in [1.165, 1.54) is 0 Å². The summed E-state index contributed by atoms with van der Waals surface area (Å²) in [5.74, 6) is -3.18. The number of amides is 3. The van der Waals surface area contributed by atoms with Crippen molar-refractivity contribution in [1.29, 1.82) is 0 Å². The Morgan fingerprint density at radius 1 is 0.424 bits per heavy atom. The van der Waals surface area contributed by atoms with Gasteiger partial charge in [0.1, 0.15) is 0 Å². The largest absolute Gasteiger partial charge is 0.319 e. The summed E-state index contributed by atoms with van der Waals surface area (Å²) < 4.78 is 0. The average molecular weight is 438 g/mol. The van der Waals surface area contributed by atoms with Gasteiger partial charge in [0.15, 0.2) is 0 Å². The highest BCUT2D eigenvalue weighted by molar-refractivity contribution is 6.07.